The number of rotatable bonds is 3. The number of carboxylic acid groups (broad SMARTS) is 1. The van der Waals surface area contributed by atoms with Crippen molar-refractivity contribution in [2.75, 3.05) is 0 Å². The van der Waals surface area contributed by atoms with E-state index in [4.69, 9.17) is 46.4 Å². The second-order valence-corrected chi connectivity index (χ2v) is 6.00. The number of amides is 2. The van der Waals surface area contributed by atoms with Crippen LogP contribution in [0.4, 0.5) is 0 Å². The molecule has 1 aliphatic rings. The standard InChI is InChI=1S/C12H7Cl4NO5/c1-2(18)9(12(21)22)17-10(19)3-4(11(17)20)6(14)8(16)7(15)5(3)13/h2,9,18H,1H3,(H,21,22)/p-1. The molecule has 6 nitrogen and oxygen atoms in total. The molecule has 10 heteroatoms. The van der Waals surface area contributed by atoms with Crippen LogP contribution in [0, 0.1) is 0 Å². The lowest BCUT2D eigenvalue weighted by molar-refractivity contribution is -0.312. The van der Waals surface area contributed by atoms with E-state index in [2.05, 4.69) is 0 Å². The zero-order chi connectivity index (χ0) is 16.9. The number of halogens is 4. The third-order valence-corrected chi connectivity index (χ3v) is 4.91. The summed E-state index contributed by atoms with van der Waals surface area (Å²) in [7, 11) is 0. The van der Waals surface area contributed by atoms with E-state index in [0.717, 1.165) is 6.92 Å². The Labute approximate surface area is 144 Å². The summed E-state index contributed by atoms with van der Waals surface area (Å²) in [4.78, 5) is 36.2. The Morgan fingerprint density at radius 2 is 1.36 bits per heavy atom. The smallest absolute Gasteiger partial charge is 0.263 e. The maximum atomic E-state index is 12.4. The van der Waals surface area contributed by atoms with Gasteiger partial charge in [0, 0.05) is 0 Å². The van der Waals surface area contributed by atoms with Crippen LogP contribution in [-0.4, -0.2) is 39.9 Å². The van der Waals surface area contributed by atoms with Gasteiger partial charge in [0.15, 0.2) is 0 Å². The number of fused-ring (bicyclic) bond motifs is 1. The van der Waals surface area contributed by atoms with Crippen LogP contribution in [0.5, 0.6) is 0 Å². The number of aliphatic hydroxyl groups excluding tert-OH is 1. The number of carboxylic acids is 1. The van der Waals surface area contributed by atoms with Crippen LogP contribution >= 0.6 is 46.4 Å². The molecule has 0 aromatic heterocycles. The summed E-state index contributed by atoms with van der Waals surface area (Å²) in [6.45, 7) is 1.09. The van der Waals surface area contributed by atoms with Gasteiger partial charge in [0.2, 0.25) is 0 Å². The number of carbonyl (C=O) groups excluding carboxylic acids is 3. The highest BCUT2D eigenvalue weighted by Crippen LogP contribution is 2.45. The molecular weight excluding hydrogens is 380 g/mol. The van der Waals surface area contributed by atoms with E-state index >= 15 is 0 Å². The van der Waals surface area contributed by atoms with Crippen LogP contribution in [0.3, 0.4) is 0 Å². The summed E-state index contributed by atoms with van der Waals surface area (Å²) >= 11 is 23.5. The van der Waals surface area contributed by atoms with E-state index in [1.807, 2.05) is 0 Å². The van der Waals surface area contributed by atoms with Gasteiger partial charge in [-0.25, -0.2) is 0 Å². The van der Waals surface area contributed by atoms with Crippen molar-refractivity contribution in [2.24, 2.45) is 0 Å². The highest BCUT2D eigenvalue weighted by atomic mass is 35.5. The molecule has 2 atom stereocenters. The van der Waals surface area contributed by atoms with Crippen molar-refractivity contribution in [3.8, 4) is 0 Å². The summed E-state index contributed by atoms with van der Waals surface area (Å²) in [5.74, 6) is -3.92. The lowest BCUT2D eigenvalue weighted by atomic mass is 10.1. The topological polar surface area (TPSA) is 97.7 Å². The fraction of sp³-hybridized carbons (Fsp3) is 0.250. The average molecular weight is 386 g/mol. The zero-order valence-corrected chi connectivity index (χ0v) is 13.7. The van der Waals surface area contributed by atoms with Gasteiger partial charge in [-0.05, 0) is 6.92 Å². The maximum absolute atomic E-state index is 12.4. The molecule has 0 saturated heterocycles. The number of hydrogen-bond donors (Lipinski definition) is 1. The van der Waals surface area contributed by atoms with Crippen molar-refractivity contribution in [3.63, 3.8) is 0 Å². The molecule has 0 spiro atoms. The van der Waals surface area contributed by atoms with Gasteiger partial charge in [-0.15, -0.1) is 0 Å². The first-order valence-electron chi connectivity index (χ1n) is 5.74. The molecule has 118 valence electrons. The van der Waals surface area contributed by atoms with Crippen molar-refractivity contribution in [3.05, 3.63) is 31.2 Å². The van der Waals surface area contributed by atoms with Gasteiger partial charge in [0.05, 0.1) is 43.3 Å². The van der Waals surface area contributed by atoms with Gasteiger partial charge in [0.1, 0.15) is 6.04 Å². The Morgan fingerprint density at radius 3 is 1.64 bits per heavy atom. The summed E-state index contributed by atoms with van der Waals surface area (Å²) < 4.78 is 0. The summed E-state index contributed by atoms with van der Waals surface area (Å²) in [6, 6.07) is -1.91. The van der Waals surface area contributed by atoms with Gasteiger partial charge in [-0.2, -0.15) is 0 Å². The van der Waals surface area contributed by atoms with E-state index in [1.165, 1.54) is 0 Å². The minimum Gasteiger partial charge on any atom is -0.548 e. The zero-order valence-electron chi connectivity index (χ0n) is 10.7. The first-order valence-corrected chi connectivity index (χ1v) is 7.25. The minimum absolute atomic E-state index is 0.239. The third kappa shape index (κ3) is 2.35. The number of hydrogen-bond acceptors (Lipinski definition) is 5. The molecule has 1 aromatic rings. The molecule has 0 radical (unpaired) electrons. The quantitative estimate of drug-likeness (QED) is 0.481. The Bertz CT molecular complexity index is 671. The fourth-order valence-electron chi connectivity index (χ4n) is 2.14. The van der Waals surface area contributed by atoms with E-state index in [-0.39, 0.29) is 31.2 Å². The van der Waals surface area contributed by atoms with Crippen LogP contribution in [0.15, 0.2) is 0 Å². The Morgan fingerprint density at radius 1 is 1.00 bits per heavy atom. The molecule has 1 aromatic carbocycles. The van der Waals surface area contributed by atoms with Gasteiger partial charge < -0.3 is 15.0 Å². The SMILES string of the molecule is CC(O)C(C(=O)[O-])N1C(=O)c2c(Cl)c(Cl)c(Cl)c(Cl)c2C1=O. The van der Waals surface area contributed by atoms with Gasteiger partial charge in [-0.1, -0.05) is 46.4 Å². The first-order chi connectivity index (χ1) is 10.1. The number of carbonyl (C=O) groups is 3. The molecule has 0 fully saturated rings. The highest BCUT2D eigenvalue weighted by molar-refractivity contribution is 6.55. The Kier molecular flexibility index (Phi) is 4.61. The van der Waals surface area contributed by atoms with Crippen molar-refractivity contribution in [1.82, 2.24) is 4.90 Å². The van der Waals surface area contributed by atoms with Crippen LogP contribution < -0.4 is 5.11 Å². The molecule has 2 rings (SSSR count). The third-order valence-electron chi connectivity index (χ3n) is 3.11. The van der Waals surface area contributed by atoms with Crippen molar-refractivity contribution < 1.29 is 24.6 Å². The summed E-state index contributed by atoms with van der Waals surface area (Å²) in [5, 5.41) is 19.5. The highest BCUT2D eigenvalue weighted by Gasteiger charge is 2.46. The van der Waals surface area contributed by atoms with E-state index in [9.17, 15) is 24.6 Å². The molecule has 0 aliphatic carbocycles. The first kappa shape index (κ1) is 17.3. The number of aliphatic hydroxyl groups is 1. The molecule has 2 unspecified atom stereocenters. The Balaban J connectivity index is 2.71. The van der Waals surface area contributed by atoms with Crippen molar-refractivity contribution in [1.29, 1.82) is 0 Å². The molecule has 1 N–H and O–H groups in total. The van der Waals surface area contributed by atoms with E-state index in [1.54, 1.807) is 0 Å². The van der Waals surface area contributed by atoms with Crippen LogP contribution in [0.1, 0.15) is 27.6 Å². The van der Waals surface area contributed by atoms with Gasteiger partial charge >= 0.3 is 0 Å². The number of benzene rings is 1. The summed E-state index contributed by atoms with van der Waals surface area (Å²) in [6.07, 6.45) is -1.57. The monoisotopic (exact) mass is 384 g/mol. The van der Waals surface area contributed by atoms with Crippen LogP contribution in [0.25, 0.3) is 0 Å². The number of nitrogens with zero attached hydrogens (tertiary/aromatic N) is 1. The number of aliphatic carboxylic acids is 1. The van der Waals surface area contributed by atoms with Gasteiger partial charge in [-0.3, -0.25) is 14.5 Å². The fourth-order valence-corrected chi connectivity index (χ4v) is 3.15. The van der Waals surface area contributed by atoms with Crippen LogP contribution in [-0.2, 0) is 4.79 Å². The molecule has 2 amide bonds. The lowest BCUT2D eigenvalue weighted by Gasteiger charge is -2.29. The van der Waals surface area contributed by atoms with E-state index < -0.39 is 29.9 Å². The Hall–Kier alpha value is -1.05. The second-order valence-electron chi connectivity index (χ2n) is 4.49. The van der Waals surface area contributed by atoms with E-state index in [0.29, 0.717) is 4.90 Å². The predicted molar refractivity (Wildman–Crippen MR) is 77.5 cm³/mol. The maximum Gasteiger partial charge on any atom is 0.263 e. The summed E-state index contributed by atoms with van der Waals surface area (Å²) in [5.41, 5.74) is -0.726. The molecular formula is C12H6Cl4NO5-. The van der Waals surface area contributed by atoms with Crippen molar-refractivity contribution >= 4 is 64.2 Å². The van der Waals surface area contributed by atoms with Gasteiger partial charge in [0.25, 0.3) is 11.8 Å². The minimum atomic E-state index is -1.91. The molecule has 0 saturated carbocycles. The number of imide groups is 1. The van der Waals surface area contributed by atoms with Crippen molar-refractivity contribution in [2.45, 2.75) is 19.1 Å². The van der Waals surface area contributed by atoms with Crippen LogP contribution in [0.2, 0.25) is 20.1 Å². The molecule has 0 bridgehead atoms. The average Bonchev–Trinajstić information content (AvgIpc) is 2.67. The normalized spacial score (nSPS) is 16.7. The molecule has 22 heavy (non-hydrogen) atoms. The lowest BCUT2D eigenvalue weighted by Crippen LogP contribution is -2.55. The second kappa shape index (κ2) is 5.86. The molecule has 1 aliphatic heterocycles. The largest absolute Gasteiger partial charge is 0.548 e. The predicted octanol–water partition coefficient (Wildman–Crippen LogP) is 1.40. The molecule has 1 heterocycles.